The Labute approximate surface area is 160 Å². The SMILES string of the molecule is Cc1ccc(N2C[C@@H](C(=O)NCc3ccccc3OC(C)C)CC2=O)cc1. The van der Waals surface area contributed by atoms with Gasteiger partial charge in [0.15, 0.2) is 0 Å². The van der Waals surface area contributed by atoms with Gasteiger partial charge in [0.05, 0.1) is 12.0 Å². The molecule has 0 spiro atoms. The van der Waals surface area contributed by atoms with Gasteiger partial charge in [-0.2, -0.15) is 0 Å². The lowest BCUT2D eigenvalue weighted by Crippen LogP contribution is -2.32. The van der Waals surface area contributed by atoms with Crippen molar-refractivity contribution in [3.8, 4) is 5.75 Å². The van der Waals surface area contributed by atoms with E-state index in [9.17, 15) is 9.59 Å². The topological polar surface area (TPSA) is 58.6 Å². The molecule has 2 amide bonds. The number of benzene rings is 2. The van der Waals surface area contributed by atoms with Crippen LogP contribution >= 0.6 is 0 Å². The zero-order chi connectivity index (χ0) is 19.4. The first-order valence-corrected chi connectivity index (χ1v) is 9.33. The highest BCUT2D eigenvalue weighted by Gasteiger charge is 2.35. The van der Waals surface area contributed by atoms with Crippen LogP contribution in [0.3, 0.4) is 0 Å². The summed E-state index contributed by atoms with van der Waals surface area (Å²) in [5.41, 5.74) is 2.91. The third-order valence-electron chi connectivity index (χ3n) is 4.63. The fourth-order valence-electron chi connectivity index (χ4n) is 3.20. The average Bonchev–Trinajstić information content (AvgIpc) is 3.03. The lowest BCUT2D eigenvalue weighted by atomic mass is 10.1. The zero-order valence-electron chi connectivity index (χ0n) is 16.1. The van der Waals surface area contributed by atoms with Crippen molar-refractivity contribution in [2.45, 2.75) is 39.8 Å². The molecule has 142 valence electrons. The Hall–Kier alpha value is -2.82. The van der Waals surface area contributed by atoms with E-state index in [1.165, 1.54) is 0 Å². The van der Waals surface area contributed by atoms with Gasteiger partial charge in [0.1, 0.15) is 5.75 Å². The fourth-order valence-corrected chi connectivity index (χ4v) is 3.20. The van der Waals surface area contributed by atoms with Crippen molar-refractivity contribution >= 4 is 17.5 Å². The van der Waals surface area contributed by atoms with E-state index >= 15 is 0 Å². The summed E-state index contributed by atoms with van der Waals surface area (Å²) in [6.45, 7) is 6.75. The Kier molecular flexibility index (Phi) is 5.79. The van der Waals surface area contributed by atoms with Gasteiger partial charge in [0, 0.05) is 30.8 Å². The van der Waals surface area contributed by atoms with Gasteiger partial charge >= 0.3 is 0 Å². The van der Waals surface area contributed by atoms with E-state index in [2.05, 4.69) is 5.32 Å². The van der Waals surface area contributed by atoms with Gasteiger partial charge < -0.3 is 15.0 Å². The minimum Gasteiger partial charge on any atom is -0.491 e. The molecule has 5 nitrogen and oxygen atoms in total. The lowest BCUT2D eigenvalue weighted by Gasteiger charge is -2.17. The van der Waals surface area contributed by atoms with Crippen LogP contribution < -0.4 is 15.0 Å². The van der Waals surface area contributed by atoms with E-state index in [-0.39, 0.29) is 30.3 Å². The number of rotatable bonds is 6. The molecule has 2 aromatic carbocycles. The van der Waals surface area contributed by atoms with Gasteiger partial charge in [0.25, 0.3) is 0 Å². The third kappa shape index (κ3) is 4.67. The molecule has 1 aliphatic rings. The molecule has 0 bridgehead atoms. The van der Waals surface area contributed by atoms with E-state index in [0.717, 1.165) is 22.6 Å². The molecule has 0 saturated carbocycles. The largest absolute Gasteiger partial charge is 0.491 e. The lowest BCUT2D eigenvalue weighted by molar-refractivity contribution is -0.126. The first-order valence-electron chi connectivity index (χ1n) is 9.33. The van der Waals surface area contributed by atoms with Crippen LogP contribution in [0.1, 0.15) is 31.4 Å². The number of nitrogens with zero attached hydrogens (tertiary/aromatic N) is 1. The van der Waals surface area contributed by atoms with Crippen LogP contribution in [0.2, 0.25) is 0 Å². The first kappa shape index (κ1) is 19.0. The summed E-state index contributed by atoms with van der Waals surface area (Å²) in [4.78, 5) is 26.6. The predicted octanol–water partition coefficient (Wildman–Crippen LogP) is 3.45. The van der Waals surface area contributed by atoms with Crippen molar-refractivity contribution in [2.24, 2.45) is 5.92 Å². The minimum absolute atomic E-state index is 0.0115. The second-order valence-electron chi connectivity index (χ2n) is 7.23. The zero-order valence-corrected chi connectivity index (χ0v) is 16.1. The first-order chi connectivity index (χ1) is 12.9. The molecule has 5 heteroatoms. The molecular formula is C22H26N2O3. The average molecular weight is 366 g/mol. The van der Waals surface area contributed by atoms with Crippen molar-refractivity contribution in [1.82, 2.24) is 5.32 Å². The van der Waals surface area contributed by atoms with Gasteiger partial charge in [-0.05, 0) is 39.0 Å². The summed E-state index contributed by atoms with van der Waals surface area (Å²) >= 11 is 0. The number of anilines is 1. The van der Waals surface area contributed by atoms with Crippen molar-refractivity contribution in [2.75, 3.05) is 11.4 Å². The maximum atomic E-state index is 12.6. The molecule has 1 fully saturated rings. The Morgan fingerprint density at radius 1 is 1.19 bits per heavy atom. The number of nitrogens with one attached hydrogen (secondary N) is 1. The molecule has 1 aliphatic heterocycles. The molecule has 3 rings (SSSR count). The van der Waals surface area contributed by atoms with Gasteiger partial charge in [-0.3, -0.25) is 9.59 Å². The van der Waals surface area contributed by atoms with Crippen molar-refractivity contribution in [3.05, 3.63) is 59.7 Å². The van der Waals surface area contributed by atoms with Crippen molar-refractivity contribution in [1.29, 1.82) is 0 Å². The van der Waals surface area contributed by atoms with E-state index < -0.39 is 0 Å². The number of carbonyl (C=O) groups excluding carboxylic acids is 2. The molecule has 0 aromatic heterocycles. The second kappa shape index (κ2) is 8.25. The smallest absolute Gasteiger partial charge is 0.227 e. The highest BCUT2D eigenvalue weighted by molar-refractivity contribution is 6.00. The van der Waals surface area contributed by atoms with Crippen LogP contribution in [-0.4, -0.2) is 24.5 Å². The molecule has 27 heavy (non-hydrogen) atoms. The van der Waals surface area contributed by atoms with E-state index in [1.54, 1.807) is 4.90 Å². The summed E-state index contributed by atoms with van der Waals surface area (Å²) < 4.78 is 5.79. The molecule has 2 aromatic rings. The van der Waals surface area contributed by atoms with Crippen LogP contribution in [0, 0.1) is 12.8 Å². The quantitative estimate of drug-likeness (QED) is 0.852. The van der Waals surface area contributed by atoms with Gasteiger partial charge in [-0.15, -0.1) is 0 Å². The Bertz CT molecular complexity index is 815. The highest BCUT2D eigenvalue weighted by atomic mass is 16.5. The highest BCUT2D eigenvalue weighted by Crippen LogP contribution is 2.26. The van der Waals surface area contributed by atoms with E-state index in [0.29, 0.717) is 13.1 Å². The van der Waals surface area contributed by atoms with Crippen LogP contribution in [-0.2, 0) is 16.1 Å². The number of hydrogen-bond acceptors (Lipinski definition) is 3. The summed E-state index contributed by atoms with van der Waals surface area (Å²) in [5.74, 6) is 0.327. The van der Waals surface area contributed by atoms with Gasteiger partial charge in [0.2, 0.25) is 11.8 Å². The maximum Gasteiger partial charge on any atom is 0.227 e. The Morgan fingerprint density at radius 2 is 1.89 bits per heavy atom. The summed E-state index contributed by atoms with van der Waals surface area (Å²) in [5, 5.41) is 2.96. The third-order valence-corrected chi connectivity index (χ3v) is 4.63. The minimum atomic E-state index is -0.336. The molecule has 1 N–H and O–H groups in total. The normalized spacial score (nSPS) is 16.7. The number of amides is 2. The number of hydrogen-bond donors (Lipinski definition) is 1. The second-order valence-corrected chi connectivity index (χ2v) is 7.23. The van der Waals surface area contributed by atoms with E-state index in [4.69, 9.17) is 4.74 Å². The molecule has 1 saturated heterocycles. The van der Waals surface area contributed by atoms with Crippen LogP contribution in [0.5, 0.6) is 5.75 Å². The van der Waals surface area contributed by atoms with Crippen LogP contribution in [0.25, 0.3) is 0 Å². The van der Waals surface area contributed by atoms with Gasteiger partial charge in [-0.25, -0.2) is 0 Å². The maximum absolute atomic E-state index is 12.6. The molecule has 0 aliphatic carbocycles. The molecule has 0 radical (unpaired) electrons. The number of carbonyl (C=O) groups is 2. The van der Waals surface area contributed by atoms with Crippen LogP contribution in [0.15, 0.2) is 48.5 Å². The monoisotopic (exact) mass is 366 g/mol. The standard InChI is InChI=1S/C22H26N2O3/c1-15(2)27-20-7-5-4-6-17(20)13-23-22(26)18-12-21(25)24(14-18)19-10-8-16(3)9-11-19/h4-11,15,18H,12-14H2,1-3H3,(H,23,26)/t18-/m0/s1. The van der Waals surface area contributed by atoms with E-state index in [1.807, 2.05) is 69.3 Å². The van der Waals surface area contributed by atoms with Crippen LogP contribution in [0.4, 0.5) is 5.69 Å². The summed E-state index contributed by atoms with van der Waals surface area (Å²) in [7, 11) is 0. The fraction of sp³-hybridized carbons (Fsp3) is 0.364. The number of aryl methyl sites for hydroxylation is 1. The van der Waals surface area contributed by atoms with Crippen molar-refractivity contribution < 1.29 is 14.3 Å². The van der Waals surface area contributed by atoms with Crippen molar-refractivity contribution in [3.63, 3.8) is 0 Å². The Balaban J connectivity index is 1.61. The Morgan fingerprint density at radius 3 is 2.59 bits per heavy atom. The number of para-hydroxylation sites is 1. The molecular weight excluding hydrogens is 340 g/mol. The molecule has 1 atom stereocenters. The summed E-state index contributed by atoms with van der Waals surface area (Å²) in [6, 6.07) is 15.5. The van der Waals surface area contributed by atoms with Gasteiger partial charge in [-0.1, -0.05) is 35.9 Å². The summed E-state index contributed by atoms with van der Waals surface area (Å²) in [6.07, 6.45) is 0.307. The number of ether oxygens (including phenoxy) is 1. The molecule has 1 heterocycles. The molecule has 0 unspecified atom stereocenters. The predicted molar refractivity (Wildman–Crippen MR) is 106 cm³/mol.